The van der Waals surface area contributed by atoms with Crippen LogP contribution in [0.15, 0.2) is 24.3 Å². The van der Waals surface area contributed by atoms with E-state index in [4.69, 9.17) is 21.1 Å². The van der Waals surface area contributed by atoms with Gasteiger partial charge in [0, 0.05) is 0 Å². The van der Waals surface area contributed by atoms with Crippen LogP contribution in [0.3, 0.4) is 0 Å². The Hall–Kier alpha value is -2.41. The van der Waals surface area contributed by atoms with Crippen molar-refractivity contribution in [1.29, 1.82) is 0 Å². The molecule has 0 amide bonds. The van der Waals surface area contributed by atoms with Crippen molar-refractivity contribution in [3.63, 3.8) is 0 Å². The maximum Gasteiger partial charge on any atom is 0.352 e. The molecule has 0 radical (unpaired) electrons. The number of benzene rings is 1. The summed E-state index contributed by atoms with van der Waals surface area (Å²) < 4.78 is 10.7. The van der Waals surface area contributed by atoms with Crippen LogP contribution in [0.25, 0.3) is 0 Å². The number of aromatic nitrogens is 2. The predicted octanol–water partition coefficient (Wildman–Crippen LogP) is 3.54. The van der Waals surface area contributed by atoms with Crippen molar-refractivity contribution < 1.29 is 14.4 Å². The second-order valence-electron chi connectivity index (χ2n) is 4.00. The molecule has 1 aromatic carbocycles. The Morgan fingerprint density at radius 3 is 2.43 bits per heavy atom. The molecule has 2 aromatic rings. The van der Waals surface area contributed by atoms with Crippen molar-refractivity contribution in [3.05, 3.63) is 45.4 Å². The van der Waals surface area contributed by atoms with Crippen molar-refractivity contribution >= 4 is 17.3 Å². The second kappa shape index (κ2) is 6.36. The van der Waals surface area contributed by atoms with Crippen molar-refractivity contribution in [1.82, 2.24) is 9.97 Å². The first-order chi connectivity index (χ1) is 10.0. The van der Waals surface area contributed by atoms with Gasteiger partial charge < -0.3 is 9.47 Å². The summed E-state index contributed by atoms with van der Waals surface area (Å²) >= 11 is 5.71. The number of nitrogens with zero attached hydrogens (tertiary/aromatic N) is 3. The molecular weight excluding hydrogens is 298 g/mol. The molecule has 0 aliphatic heterocycles. The molecule has 2 rings (SSSR count). The van der Waals surface area contributed by atoms with Crippen LogP contribution in [0.1, 0.15) is 12.6 Å². The SMILES string of the molecule is CCOc1ccc(Oc2nc(Cl)nc(C)c2[N+](=O)[O-])cc1. The Morgan fingerprint density at radius 2 is 1.86 bits per heavy atom. The molecule has 0 saturated heterocycles. The molecule has 0 saturated carbocycles. The Labute approximate surface area is 125 Å². The highest BCUT2D eigenvalue weighted by Crippen LogP contribution is 2.32. The van der Waals surface area contributed by atoms with Crippen LogP contribution in [-0.2, 0) is 0 Å². The van der Waals surface area contributed by atoms with Gasteiger partial charge in [0.15, 0.2) is 0 Å². The normalized spacial score (nSPS) is 10.2. The fourth-order valence-corrected chi connectivity index (χ4v) is 1.87. The molecule has 0 bridgehead atoms. The van der Waals surface area contributed by atoms with Crippen LogP contribution in [0.2, 0.25) is 5.28 Å². The van der Waals surface area contributed by atoms with E-state index in [9.17, 15) is 10.1 Å². The van der Waals surface area contributed by atoms with Crippen LogP contribution >= 0.6 is 11.6 Å². The van der Waals surface area contributed by atoms with Gasteiger partial charge in [-0.1, -0.05) is 0 Å². The first-order valence-electron chi connectivity index (χ1n) is 6.10. The molecule has 0 unspecified atom stereocenters. The summed E-state index contributed by atoms with van der Waals surface area (Å²) in [6, 6.07) is 6.64. The average Bonchev–Trinajstić information content (AvgIpc) is 2.40. The summed E-state index contributed by atoms with van der Waals surface area (Å²) in [5.41, 5.74) is -0.172. The maximum absolute atomic E-state index is 11.1. The summed E-state index contributed by atoms with van der Waals surface area (Å²) in [4.78, 5) is 18.0. The van der Waals surface area contributed by atoms with Crippen LogP contribution in [0.5, 0.6) is 17.4 Å². The molecule has 0 atom stereocenters. The van der Waals surface area contributed by atoms with Crippen molar-refractivity contribution in [2.24, 2.45) is 0 Å². The van der Waals surface area contributed by atoms with Crippen molar-refractivity contribution in [3.8, 4) is 17.4 Å². The fraction of sp³-hybridized carbons (Fsp3) is 0.231. The van der Waals surface area contributed by atoms with E-state index in [2.05, 4.69) is 9.97 Å². The van der Waals surface area contributed by atoms with E-state index in [-0.39, 0.29) is 22.5 Å². The van der Waals surface area contributed by atoms with E-state index in [0.717, 1.165) is 0 Å². The minimum absolute atomic E-state index is 0.112. The van der Waals surface area contributed by atoms with Gasteiger partial charge in [-0.25, -0.2) is 4.98 Å². The van der Waals surface area contributed by atoms with Gasteiger partial charge in [0.2, 0.25) is 5.28 Å². The summed E-state index contributed by atoms with van der Waals surface area (Å²) in [6.07, 6.45) is 0. The van der Waals surface area contributed by atoms with E-state index >= 15 is 0 Å². The van der Waals surface area contributed by atoms with E-state index in [1.165, 1.54) is 6.92 Å². The molecule has 8 heteroatoms. The third-order valence-corrected chi connectivity index (χ3v) is 2.70. The Bertz CT molecular complexity index is 661. The molecule has 0 fully saturated rings. The van der Waals surface area contributed by atoms with E-state index in [1.54, 1.807) is 24.3 Å². The van der Waals surface area contributed by atoms with Crippen LogP contribution in [-0.4, -0.2) is 21.5 Å². The molecule has 7 nitrogen and oxygen atoms in total. The summed E-state index contributed by atoms with van der Waals surface area (Å²) in [5.74, 6) is 0.869. The zero-order chi connectivity index (χ0) is 15.4. The largest absolute Gasteiger partial charge is 0.494 e. The number of hydrogen-bond acceptors (Lipinski definition) is 6. The van der Waals surface area contributed by atoms with Crippen molar-refractivity contribution in [2.75, 3.05) is 6.61 Å². The number of rotatable bonds is 5. The first kappa shape index (κ1) is 15.0. The predicted molar refractivity (Wildman–Crippen MR) is 76.1 cm³/mol. The quantitative estimate of drug-likeness (QED) is 0.477. The van der Waals surface area contributed by atoms with Crippen molar-refractivity contribution in [2.45, 2.75) is 13.8 Å². The second-order valence-corrected chi connectivity index (χ2v) is 4.33. The van der Waals surface area contributed by atoms with Gasteiger partial charge in [0.25, 0.3) is 0 Å². The lowest BCUT2D eigenvalue weighted by Crippen LogP contribution is -2.01. The third-order valence-electron chi connectivity index (χ3n) is 2.53. The van der Waals surface area contributed by atoms with E-state index in [0.29, 0.717) is 18.1 Å². The van der Waals surface area contributed by atoms with Crippen LogP contribution in [0.4, 0.5) is 5.69 Å². The third kappa shape index (κ3) is 3.57. The van der Waals surface area contributed by atoms with E-state index in [1.807, 2.05) is 6.92 Å². The number of halogens is 1. The minimum atomic E-state index is -0.602. The summed E-state index contributed by atoms with van der Waals surface area (Å²) in [6.45, 7) is 3.89. The van der Waals surface area contributed by atoms with Crippen LogP contribution < -0.4 is 9.47 Å². The maximum atomic E-state index is 11.1. The molecule has 0 aliphatic carbocycles. The highest BCUT2D eigenvalue weighted by molar-refractivity contribution is 6.28. The van der Waals surface area contributed by atoms with Gasteiger partial charge >= 0.3 is 11.6 Å². The van der Waals surface area contributed by atoms with Crippen LogP contribution in [0, 0.1) is 17.0 Å². The average molecular weight is 310 g/mol. The van der Waals surface area contributed by atoms with Gasteiger partial charge in [-0.3, -0.25) is 10.1 Å². The van der Waals surface area contributed by atoms with Gasteiger partial charge in [0.05, 0.1) is 11.5 Å². The minimum Gasteiger partial charge on any atom is -0.494 e. The van der Waals surface area contributed by atoms with Gasteiger partial charge in [-0.2, -0.15) is 4.98 Å². The fourth-order valence-electron chi connectivity index (χ4n) is 1.67. The molecule has 21 heavy (non-hydrogen) atoms. The molecule has 110 valence electrons. The Kier molecular flexibility index (Phi) is 4.54. The lowest BCUT2D eigenvalue weighted by atomic mass is 10.3. The standard InChI is InChI=1S/C13H12ClN3O4/c1-3-20-9-4-6-10(7-5-9)21-12-11(17(18)19)8(2)15-13(14)16-12/h4-7H,3H2,1-2H3. The van der Waals surface area contributed by atoms with Gasteiger partial charge in [-0.15, -0.1) is 0 Å². The lowest BCUT2D eigenvalue weighted by Gasteiger charge is -2.08. The summed E-state index contributed by atoms with van der Waals surface area (Å²) in [5, 5.41) is 11.0. The lowest BCUT2D eigenvalue weighted by molar-refractivity contribution is -0.386. The molecular formula is C13H12ClN3O4. The highest BCUT2D eigenvalue weighted by Gasteiger charge is 2.23. The number of aryl methyl sites for hydroxylation is 1. The smallest absolute Gasteiger partial charge is 0.352 e. The topological polar surface area (TPSA) is 87.4 Å². The number of nitro groups is 1. The number of ether oxygens (including phenoxy) is 2. The molecule has 0 aliphatic rings. The monoisotopic (exact) mass is 309 g/mol. The zero-order valence-corrected chi connectivity index (χ0v) is 12.1. The molecule has 1 heterocycles. The van der Waals surface area contributed by atoms with Gasteiger partial charge in [-0.05, 0) is 49.7 Å². The molecule has 0 spiro atoms. The van der Waals surface area contributed by atoms with Gasteiger partial charge in [0.1, 0.15) is 17.2 Å². The van der Waals surface area contributed by atoms with E-state index < -0.39 is 4.92 Å². The number of hydrogen-bond donors (Lipinski definition) is 0. The zero-order valence-electron chi connectivity index (χ0n) is 11.4. The molecule has 0 N–H and O–H groups in total. The highest BCUT2D eigenvalue weighted by atomic mass is 35.5. The summed E-state index contributed by atoms with van der Waals surface area (Å²) in [7, 11) is 0. The molecule has 1 aromatic heterocycles. The Balaban J connectivity index is 2.32. The Morgan fingerprint density at radius 1 is 1.24 bits per heavy atom. The first-order valence-corrected chi connectivity index (χ1v) is 6.48.